The van der Waals surface area contributed by atoms with Gasteiger partial charge in [-0.15, -0.1) is 0 Å². The van der Waals surface area contributed by atoms with Gasteiger partial charge < -0.3 is 28.8 Å². The van der Waals surface area contributed by atoms with Crippen LogP contribution in [0.3, 0.4) is 0 Å². The largest absolute Gasteiger partial charge is 0.756 e. The predicted molar refractivity (Wildman–Crippen MR) is 306 cm³/mol. The Morgan fingerprint density at radius 3 is 1.20 bits per heavy atom. The zero-order valence-corrected chi connectivity index (χ0v) is 45.7. The van der Waals surface area contributed by atoms with Crippen molar-refractivity contribution < 1.29 is 32.9 Å². The highest BCUT2D eigenvalue weighted by atomic mass is 31.2. The molecule has 396 valence electrons. The number of amides is 1. The standard InChI is InChI=1S/C62H97N2O6P/c1-6-8-10-12-14-16-18-19-20-21-22-23-24-25-26-27-28-29-30-31-32-33-34-35-36-37-38-39-40-41-42-43-44-45-46-48-50-52-54-56-62(66)63-60(59-70-71(67,68)69-58-57-64(3,4)5)61(65)55-53-51-49-47-17-15-13-11-9-7-2/h8-11,14,16-17,19-20,22-23,25-26,28-29,31-32,34-35,37-38,40-41,43-44,46-48,53,55,60-61,65H,6-7,12-13,15,18,21,24,27,30,33,36,39,42,45,49-52,54,56-59H2,1-5H3,(H-,63,66,67,68)/b10-8-,11-9+,16-14-,20-19-,23-22-,26-25-,29-28-,32-31-,35-34-,38-37-,41-40-,44-43-,47-17+,48-46-,55-53+. The van der Waals surface area contributed by atoms with E-state index < -0.39 is 26.6 Å². The van der Waals surface area contributed by atoms with Crippen LogP contribution >= 0.6 is 7.82 Å². The van der Waals surface area contributed by atoms with Crippen molar-refractivity contribution in [2.75, 3.05) is 40.9 Å². The number of nitrogens with one attached hydrogen (secondary N) is 1. The normalized spacial score (nSPS) is 15.4. The highest BCUT2D eigenvalue weighted by molar-refractivity contribution is 7.45. The molecule has 0 aliphatic carbocycles. The summed E-state index contributed by atoms with van der Waals surface area (Å²) in [7, 11) is 1.17. The van der Waals surface area contributed by atoms with Gasteiger partial charge in [0.25, 0.3) is 7.82 Å². The number of phosphoric ester groups is 1. The van der Waals surface area contributed by atoms with Gasteiger partial charge in [0.15, 0.2) is 0 Å². The molecule has 0 fully saturated rings. The lowest BCUT2D eigenvalue weighted by atomic mass is 10.1. The van der Waals surface area contributed by atoms with E-state index in [9.17, 15) is 19.4 Å². The molecule has 9 heteroatoms. The Kier molecular flexibility index (Phi) is 47.4. The molecule has 71 heavy (non-hydrogen) atoms. The lowest BCUT2D eigenvalue weighted by molar-refractivity contribution is -0.870. The summed E-state index contributed by atoms with van der Waals surface area (Å²) in [5.74, 6) is -0.266. The zero-order chi connectivity index (χ0) is 52.0. The number of likely N-dealkylation sites (N-methyl/N-ethyl adjacent to an activating group) is 1. The number of quaternary nitrogens is 1. The fraction of sp³-hybridized carbons (Fsp3) is 0.500. The molecule has 0 aromatic heterocycles. The van der Waals surface area contributed by atoms with Gasteiger partial charge in [-0.1, -0.05) is 196 Å². The van der Waals surface area contributed by atoms with E-state index in [1.54, 1.807) is 6.08 Å². The van der Waals surface area contributed by atoms with Gasteiger partial charge in [0.2, 0.25) is 5.91 Å². The molecule has 0 rings (SSSR count). The van der Waals surface area contributed by atoms with Crippen LogP contribution in [0, 0.1) is 0 Å². The van der Waals surface area contributed by atoms with Crippen LogP contribution in [0.2, 0.25) is 0 Å². The number of aliphatic hydroxyl groups excluding tert-OH is 1. The Morgan fingerprint density at radius 2 is 0.817 bits per heavy atom. The van der Waals surface area contributed by atoms with E-state index in [1.807, 2.05) is 27.2 Å². The van der Waals surface area contributed by atoms with E-state index in [-0.39, 0.29) is 18.9 Å². The van der Waals surface area contributed by atoms with Crippen LogP contribution in [0.1, 0.15) is 149 Å². The van der Waals surface area contributed by atoms with Crippen LogP contribution in [0.4, 0.5) is 0 Å². The van der Waals surface area contributed by atoms with E-state index in [1.165, 1.54) is 0 Å². The van der Waals surface area contributed by atoms with Gasteiger partial charge in [0, 0.05) is 6.42 Å². The topological polar surface area (TPSA) is 108 Å². The van der Waals surface area contributed by atoms with Crippen LogP contribution < -0.4 is 10.2 Å². The second kappa shape index (κ2) is 50.5. The number of aliphatic hydroxyl groups is 1. The van der Waals surface area contributed by atoms with Gasteiger partial charge in [-0.3, -0.25) is 9.36 Å². The number of rotatable bonds is 45. The van der Waals surface area contributed by atoms with Crippen LogP contribution in [-0.4, -0.2) is 68.5 Å². The van der Waals surface area contributed by atoms with Crippen molar-refractivity contribution in [3.63, 3.8) is 0 Å². The summed E-state index contributed by atoms with van der Waals surface area (Å²) in [6.07, 6.45) is 82.8. The van der Waals surface area contributed by atoms with Crippen LogP contribution in [0.5, 0.6) is 0 Å². The summed E-state index contributed by atoms with van der Waals surface area (Å²) >= 11 is 0. The Morgan fingerprint density at radius 1 is 0.493 bits per heavy atom. The first-order chi connectivity index (χ1) is 34.5. The summed E-state index contributed by atoms with van der Waals surface area (Å²) in [5, 5.41) is 13.7. The SMILES string of the molecule is CC/C=C\C/C=C\C/C=C\C/C=C\C/C=C\C/C=C\C/C=C\C/C=C\C/C=C\C/C=C\C/C=C\C/C=C\CCCCC(=O)NC(COP(=O)([O-])OCC[N+](C)(C)C)C(O)/C=C/CC/C=C/CC/C=C/CC. The second-order valence-electron chi connectivity index (χ2n) is 18.1. The molecule has 0 aliphatic heterocycles. The highest BCUT2D eigenvalue weighted by Gasteiger charge is 2.23. The van der Waals surface area contributed by atoms with Crippen LogP contribution in [0.15, 0.2) is 182 Å². The third-order valence-electron chi connectivity index (χ3n) is 10.3. The van der Waals surface area contributed by atoms with Gasteiger partial charge in [-0.2, -0.15) is 0 Å². The molecule has 0 radical (unpaired) electrons. The van der Waals surface area contributed by atoms with Gasteiger partial charge in [-0.25, -0.2) is 0 Å². The average Bonchev–Trinajstić information content (AvgIpc) is 3.33. The molecular weight excluding hydrogens is 900 g/mol. The molecule has 0 bridgehead atoms. The predicted octanol–water partition coefficient (Wildman–Crippen LogP) is 15.6. The van der Waals surface area contributed by atoms with Crippen molar-refractivity contribution in [2.24, 2.45) is 0 Å². The first-order valence-corrected chi connectivity index (χ1v) is 28.1. The zero-order valence-electron chi connectivity index (χ0n) is 44.8. The second-order valence-corrected chi connectivity index (χ2v) is 19.5. The molecule has 2 N–H and O–H groups in total. The molecule has 3 atom stereocenters. The van der Waals surface area contributed by atoms with E-state index in [0.717, 1.165) is 116 Å². The summed E-state index contributed by atoms with van der Waals surface area (Å²) in [4.78, 5) is 25.3. The molecule has 0 aliphatic rings. The fourth-order valence-corrected chi connectivity index (χ4v) is 6.95. The van der Waals surface area contributed by atoms with Crippen molar-refractivity contribution in [3.05, 3.63) is 182 Å². The fourth-order valence-electron chi connectivity index (χ4n) is 6.23. The number of nitrogens with zero attached hydrogens (tertiary/aromatic N) is 1. The average molecular weight is 997 g/mol. The Balaban J connectivity index is 4.25. The van der Waals surface area contributed by atoms with Gasteiger partial charge in [0.1, 0.15) is 13.2 Å². The monoisotopic (exact) mass is 997 g/mol. The summed E-state index contributed by atoms with van der Waals surface area (Å²) in [5.41, 5.74) is 0. The number of hydrogen-bond acceptors (Lipinski definition) is 6. The smallest absolute Gasteiger partial charge is 0.268 e. The van der Waals surface area contributed by atoms with Crippen molar-refractivity contribution in [1.29, 1.82) is 0 Å². The lowest BCUT2D eigenvalue weighted by Gasteiger charge is -2.29. The molecule has 0 aromatic carbocycles. The van der Waals surface area contributed by atoms with E-state index >= 15 is 0 Å². The van der Waals surface area contributed by atoms with Crippen LogP contribution in [-0.2, 0) is 18.4 Å². The number of unbranched alkanes of at least 4 members (excludes halogenated alkanes) is 4. The summed E-state index contributed by atoms with van der Waals surface area (Å²) in [6, 6.07) is -0.945. The Hall–Kier alpha value is -4.40. The third-order valence-corrected chi connectivity index (χ3v) is 11.3. The van der Waals surface area contributed by atoms with Crippen molar-refractivity contribution in [2.45, 2.75) is 161 Å². The Bertz CT molecular complexity index is 1800. The van der Waals surface area contributed by atoms with Gasteiger partial charge in [-0.05, 0) is 128 Å². The van der Waals surface area contributed by atoms with Crippen LogP contribution in [0.25, 0.3) is 0 Å². The van der Waals surface area contributed by atoms with Crippen molar-refractivity contribution in [1.82, 2.24) is 5.32 Å². The van der Waals surface area contributed by atoms with E-state index in [0.29, 0.717) is 23.9 Å². The van der Waals surface area contributed by atoms with Gasteiger partial charge in [0.05, 0.1) is 39.9 Å². The quantitative estimate of drug-likeness (QED) is 0.0272. The third kappa shape index (κ3) is 53.2. The molecule has 0 saturated heterocycles. The first-order valence-electron chi connectivity index (χ1n) is 26.6. The maximum atomic E-state index is 12.9. The minimum Gasteiger partial charge on any atom is -0.756 e. The maximum Gasteiger partial charge on any atom is 0.268 e. The highest BCUT2D eigenvalue weighted by Crippen LogP contribution is 2.38. The molecule has 0 aromatic rings. The first kappa shape index (κ1) is 66.6. The minimum atomic E-state index is -4.62. The molecule has 1 amide bonds. The van der Waals surface area contributed by atoms with E-state index in [4.69, 9.17) is 9.05 Å². The molecule has 0 saturated carbocycles. The number of allylic oxidation sites excluding steroid dienone is 29. The lowest BCUT2D eigenvalue weighted by Crippen LogP contribution is -2.45. The Labute approximate surface area is 434 Å². The number of carbonyl (C=O) groups is 1. The molecule has 0 heterocycles. The number of phosphoric acid groups is 1. The van der Waals surface area contributed by atoms with Crippen molar-refractivity contribution >= 4 is 13.7 Å². The molecule has 0 spiro atoms. The number of carbonyl (C=O) groups excluding carboxylic acids is 1. The summed E-state index contributed by atoms with van der Waals surface area (Å²) in [6.45, 7) is 4.29. The minimum absolute atomic E-state index is 0.0287. The number of hydrogen-bond donors (Lipinski definition) is 2. The molecule has 8 nitrogen and oxygen atoms in total. The van der Waals surface area contributed by atoms with Gasteiger partial charge >= 0.3 is 0 Å². The van der Waals surface area contributed by atoms with Crippen molar-refractivity contribution in [3.8, 4) is 0 Å². The molecule has 3 unspecified atom stereocenters. The molecular formula is C62H97N2O6P. The maximum absolute atomic E-state index is 12.9. The summed E-state index contributed by atoms with van der Waals surface area (Å²) < 4.78 is 23.1. The van der Waals surface area contributed by atoms with E-state index in [2.05, 4.69) is 189 Å².